The minimum absolute atomic E-state index is 0.147. The van der Waals surface area contributed by atoms with Gasteiger partial charge in [-0.05, 0) is 203 Å². The molecule has 0 bridgehead atoms. The van der Waals surface area contributed by atoms with Crippen LogP contribution in [-0.2, 0) is 58.9 Å². The number of rotatable bonds is 30. The highest BCUT2D eigenvalue weighted by molar-refractivity contribution is 6.94. The zero-order valence-electron chi connectivity index (χ0n) is 45.1. The molecule has 62 heavy (non-hydrogen) atoms. The Hall–Kier alpha value is 1.81. The van der Waals surface area contributed by atoms with Crippen molar-refractivity contribution in [2.45, 2.75) is 210 Å². The molecule has 27 heteroatoms. The molecule has 0 N–H and O–H groups in total. The molecule has 0 radical (unpaired) electrons. The fraction of sp³-hybridized carbons (Fsp3) is 0.971. The van der Waals surface area contributed by atoms with Gasteiger partial charge in [0.1, 0.15) is 0 Å². The molecule has 0 aromatic carbocycles. The monoisotopic (exact) mass is 1100 g/mol. The van der Waals surface area contributed by atoms with E-state index >= 15 is 0 Å². The summed E-state index contributed by atoms with van der Waals surface area (Å²) in [7, 11) is -32.7. The number of hydrogen-bond acceptors (Lipinski definition) is 14. The summed E-state index contributed by atoms with van der Waals surface area (Å²) in [6, 6.07) is 0.866. The molecule has 0 fully saturated rings. The van der Waals surface area contributed by atoms with Gasteiger partial charge in [-0.15, -0.1) is 0 Å². The van der Waals surface area contributed by atoms with Gasteiger partial charge in [0, 0.05) is 0 Å². The topological polar surface area (TPSA) is 137 Å². The largest absolute Gasteiger partial charge is 0.465 e. The van der Waals surface area contributed by atoms with Gasteiger partial charge in [-0.25, -0.2) is 0 Å². The van der Waals surface area contributed by atoms with Crippen molar-refractivity contribution in [3.8, 4) is 0 Å². The van der Waals surface area contributed by atoms with Gasteiger partial charge in [-0.1, -0.05) is 6.92 Å². The molecular formula is C35H96O14Si13. The van der Waals surface area contributed by atoms with E-state index in [0.717, 1.165) is 18.9 Å². The molecular weight excluding hydrogens is 1010 g/mol. The lowest BCUT2D eigenvalue weighted by Gasteiger charge is -2.45. The molecule has 0 aliphatic heterocycles. The first kappa shape index (κ1) is 63.8. The van der Waals surface area contributed by atoms with Crippen LogP contribution in [0.3, 0.4) is 0 Å². The average molecular weight is 1110 g/mol. The third-order valence-corrected chi connectivity index (χ3v) is 57.8. The molecule has 0 unspecified atom stereocenters. The van der Waals surface area contributed by atoms with E-state index in [1.54, 1.807) is 0 Å². The van der Waals surface area contributed by atoms with Crippen molar-refractivity contribution < 1.29 is 58.9 Å². The smallest absolute Gasteiger partial charge is 0.314 e. The van der Waals surface area contributed by atoms with E-state index in [1.807, 2.05) is 20.8 Å². The minimum atomic E-state index is -2.78. The molecule has 0 aliphatic carbocycles. The van der Waals surface area contributed by atoms with Crippen molar-refractivity contribution in [3.63, 3.8) is 0 Å². The third kappa shape index (κ3) is 28.3. The molecule has 0 spiro atoms. The molecule has 0 saturated carbocycles. The van der Waals surface area contributed by atoms with Crippen molar-refractivity contribution in [2.75, 3.05) is 6.61 Å². The van der Waals surface area contributed by atoms with Gasteiger partial charge < -0.3 is 54.1 Å². The van der Waals surface area contributed by atoms with Crippen LogP contribution in [0.5, 0.6) is 0 Å². The number of ether oxygens (including phenoxy) is 1. The van der Waals surface area contributed by atoms with Crippen LogP contribution in [0.1, 0.15) is 33.6 Å². The Morgan fingerprint density at radius 1 is 0.403 bits per heavy atom. The van der Waals surface area contributed by atoms with Crippen LogP contribution >= 0.6 is 0 Å². The summed E-state index contributed by atoms with van der Waals surface area (Å²) in [5.74, 6) is -0.147. The van der Waals surface area contributed by atoms with Gasteiger partial charge in [0.25, 0.3) is 0 Å². The standard InChI is InChI=1S/C35H96O14Si13/c1-30-35(2,3)34(36)37-32-31-33-51(6,7)39-53(10,11)41-55(14,15)43-57(18,19)45-59(22,23)47-61(26,27)49-62(28,29)48-60(24,25)46-58(20,21)44-56(16,17)42-54(12,13)40-52(8,9)38-50(4)5/h50H,30-33H2,1-29H3. The first-order valence-electron chi connectivity index (χ1n) is 22.4. The van der Waals surface area contributed by atoms with Crippen LogP contribution in [0.15, 0.2) is 0 Å². The number of carbonyl (C=O) groups excluding carboxylic acids is 1. The van der Waals surface area contributed by atoms with Gasteiger partial charge in [0.15, 0.2) is 17.4 Å². The highest BCUT2D eigenvalue weighted by Crippen LogP contribution is 2.32. The van der Waals surface area contributed by atoms with E-state index in [9.17, 15) is 4.79 Å². The Labute approximate surface area is 395 Å². The quantitative estimate of drug-likeness (QED) is 0.0383. The lowest BCUT2D eigenvalue weighted by Crippen LogP contribution is -2.62. The van der Waals surface area contributed by atoms with Gasteiger partial charge in [0.05, 0.1) is 12.0 Å². The second kappa shape index (κ2) is 22.7. The SMILES string of the molecule is CCC(C)(C)C(=O)OCCC[Si](C)(C)O[Si](C)(C)O[Si](C)(C)O[Si](C)(C)O[Si](C)(C)O[Si](C)(C)O[Si](C)(C)O[Si](C)(C)O[Si](C)(C)O[Si](C)(C)O[Si](C)(C)O[Si](C)(C)O[SiH](C)C. The highest BCUT2D eigenvalue weighted by Gasteiger charge is 2.52. The molecule has 0 aromatic heterocycles. The molecule has 0 aromatic rings. The van der Waals surface area contributed by atoms with Crippen LogP contribution in [0.4, 0.5) is 0 Å². The predicted molar refractivity (Wildman–Crippen MR) is 286 cm³/mol. The molecule has 14 nitrogen and oxygen atoms in total. The van der Waals surface area contributed by atoms with Crippen LogP contribution in [0.2, 0.25) is 176 Å². The Balaban J connectivity index is 5.54. The van der Waals surface area contributed by atoms with Crippen molar-refractivity contribution in [3.05, 3.63) is 0 Å². The average Bonchev–Trinajstić information content (AvgIpc) is 2.86. The second-order valence-corrected chi connectivity index (χ2v) is 69.8. The van der Waals surface area contributed by atoms with Crippen molar-refractivity contribution in [1.82, 2.24) is 0 Å². The molecule has 372 valence electrons. The van der Waals surface area contributed by atoms with E-state index in [2.05, 4.69) is 170 Å². The normalized spacial score (nSPS) is 15.5. The van der Waals surface area contributed by atoms with Gasteiger partial charge in [-0.3, -0.25) is 4.79 Å². The molecule has 0 rings (SSSR count). The highest BCUT2D eigenvalue weighted by atomic mass is 28.5. The van der Waals surface area contributed by atoms with E-state index < -0.39 is 117 Å². The van der Waals surface area contributed by atoms with E-state index in [0.29, 0.717) is 6.61 Å². The fourth-order valence-corrected chi connectivity index (χ4v) is 73.1. The van der Waals surface area contributed by atoms with E-state index in [1.165, 1.54) is 0 Å². The van der Waals surface area contributed by atoms with Gasteiger partial charge in [0.2, 0.25) is 0 Å². The first-order chi connectivity index (χ1) is 26.9. The zero-order valence-corrected chi connectivity index (χ0v) is 58.3. The Kier molecular flexibility index (Phi) is 23.4. The van der Waals surface area contributed by atoms with Crippen LogP contribution in [-0.4, -0.2) is 124 Å². The molecule has 0 atom stereocenters. The molecule has 0 aliphatic rings. The first-order valence-corrected chi connectivity index (χ1v) is 59.3. The lowest BCUT2D eigenvalue weighted by atomic mass is 9.91. The van der Waals surface area contributed by atoms with Gasteiger partial charge in [-0.2, -0.15) is 0 Å². The zero-order chi connectivity index (χ0) is 49.7. The predicted octanol–water partition coefficient (Wildman–Crippen LogP) is 11.5. The van der Waals surface area contributed by atoms with E-state index in [-0.39, 0.29) is 5.97 Å². The van der Waals surface area contributed by atoms with E-state index in [4.69, 9.17) is 54.1 Å². The minimum Gasteiger partial charge on any atom is -0.465 e. The summed E-state index contributed by atoms with van der Waals surface area (Å²) in [5.41, 5.74) is -0.466. The molecule has 0 heterocycles. The number of carbonyl (C=O) groups is 1. The maximum Gasteiger partial charge on any atom is 0.314 e. The Morgan fingerprint density at radius 3 is 0.855 bits per heavy atom. The van der Waals surface area contributed by atoms with Crippen LogP contribution in [0, 0.1) is 5.41 Å². The summed E-state index contributed by atoms with van der Waals surface area (Å²) >= 11 is 0. The third-order valence-electron chi connectivity index (χ3n) is 8.55. The Bertz CT molecular complexity index is 1420. The second-order valence-electron chi connectivity index (χ2n) is 22.9. The summed E-state index contributed by atoms with van der Waals surface area (Å²) in [5, 5.41) is 0. The summed E-state index contributed by atoms with van der Waals surface area (Å²) in [6.45, 7) is 60.5. The van der Waals surface area contributed by atoms with Crippen molar-refractivity contribution in [1.29, 1.82) is 0 Å². The van der Waals surface area contributed by atoms with Crippen molar-refractivity contribution in [2.24, 2.45) is 5.41 Å². The summed E-state index contributed by atoms with van der Waals surface area (Å²) < 4.78 is 86.6. The van der Waals surface area contributed by atoms with Crippen LogP contribution in [0.25, 0.3) is 0 Å². The fourth-order valence-electron chi connectivity index (χ4n) is 8.44. The van der Waals surface area contributed by atoms with Gasteiger partial charge >= 0.3 is 100 Å². The summed E-state index contributed by atoms with van der Waals surface area (Å²) in [4.78, 5) is 12.4. The molecule has 0 saturated heterocycles. The molecule has 0 amide bonds. The summed E-state index contributed by atoms with van der Waals surface area (Å²) in [6.07, 6.45) is 1.51. The lowest BCUT2D eigenvalue weighted by molar-refractivity contribution is -0.154. The Morgan fingerprint density at radius 2 is 0.629 bits per heavy atom. The number of esters is 1. The number of hydrogen-bond donors (Lipinski definition) is 0. The van der Waals surface area contributed by atoms with Crippen molar-refractivity contribution >= 4 is 117 Å². The maximum absolute atomic E-state index is 12.4. The maximum atomic E-state index is 12.4. The van der Waals surface area contributed by atoms with Crippen LogP contribution < -0.4 is 0 Å².